The number of aromatic nitrogens is 2. The van der Waals surface area contributed by atoms with Gasteiger partial charge in [-0.15, -0.1) is 0 Å². The lowest BCUT2D eigenvalue weighted by atomic mass is 10.4. The molecule has 86 valence electrons. The molecule has 0 saturated heterocycles. The third-order valence-electron chi connectivity index (χ3n) is 1.59. The van der Waals surface area contributed by atoms with Crippen LogP contribution in [0.2, 0.25) is 0 Å². The molecule has 0 saturated carbocycles. The van der Waals surface area contributed by atoms with Crippen molar-refractivity contribution in [3.05, 3.63) is 6.20 Å². The molecule has 0 spiro atoms. The first-order chi connectivity index (χ1) is 6.82. The molecule has 15 heavy (non-hydrogen) atoms. The molecule has 4 N–H and O–H groups in total. The van der Waals surface area contributed by atoms with Crippen molar-refractivity contribution < 1.29 is 8.42 Å². The summed E-state index contributed by atoms with van der Waals surface area (Å²) in [5, 5.41) is 3.82. The second-order valence-corrected chi connectivity index (χ2v) is 4.90. The molecule has 0 aliphatic carbocycles. The van der Waals surface area contributed by atoms with Gasteiger partial charge in [0.05, 0.1) is 11.9 Å². The Morgan fingerprint density at radius 1 is 1.53 bits per heavy atom. The Labute approximate surface area is 88.8 Å². The highest BCUT2D eigenvalue weighted by Gasteiger charge is 2.15. The van der Waals surface area contributed by atoms with Crippen molar-refractivity contribution in [1.82, 2.24) is 14.5 Å². The molecule has 1 heterocycles. The predicted octanol–water partition coefficient (Wildman–Crippen LogP) is -0.343. The van der Waals surface area contributed by atoms with Crippen LogP contribution >= 0.6 is 0 Å². The average Bonchev–Trinajstić information content (AvgIpc) is 2.33. The van der Waals surface area contributed by atoms with Crippen LogP contribution in [0.5, 0.6) is 0 Å². The minimum atomic E-state index is -3.59. The van der Waals surface area contributed by atoms with E-state index in [1.807, 2.05) is 0 Å². The lowest BCUT2D eigenvalue weighted by Gasteiger charge is -2.11. The van der Waals surface area contributed by atoms with E-state index < -0.39 is 10.2 Å². The molecule has 8 heteroatoms. The van der Waals surface area contributed by atoms with Gasteiger partial charge < -0.3 is 5.73 Å². The zero-order chi connectivity index (χ0) is 11.6. The van der Waals surface area contributed by atoms with Crippen LogP contribution in [0.1, 0.15) is 13.8 Å². The predicted molar refractivity (Wildman–Crippen MR) is 58.4 cm³/mol. The Kier molecular flexibility index (Phi) is 3.20. The molecule has 0 aromatic carbocycles. The van der Waals surface area contributed by atoms with Crippen molar-refractivity contribution in [3.8, 4) is 0 Å². The summed E-state index contributed by atoms with van der Waals surface area (Å²) < 4.78 is 29.0. The summed E-state index contributed by atoms with van der Waals surface area (Å²) in [7, 11) is -1.99. The molecule has 0 radical (unpaired) electrons. The van der Waals surface area contributed by atoms with Gasteiger partial charge in [0.25, 0.3) is 0 Å². The van der Waals surface area contributed by atoms with Gasteiger partial charge in [0, 0.05) is 13.1 Å². The van der Waals surface area contributed by atoms with E-state index in [0.29, 0.717) is 0 Å². The van der Waals surface area contributed by atoms with Crippen LogP contribution in [0, 0.1) is 0 Å². The highest BCUT2D eigenvalue weighted by atomic mass is 32.2. The van der Waals surface area contributed by atoms with Crippen molar-refractivity contribution in [2.75, 3.05) is 10.5 Å². The number of hydrogen-bond donors (Lipinski definition) is 3. The van der Waals surface area contributed by atoms with E-state index in [1.54, 1.807) is 20.9 Å². The quantitative estimate of drug-likeness (QED) is 0.662. The fourth-order valence-corrected chi connectivity index (χ4v) is 2.23. The SMILES string of the molecule is CC(C)NS(=O)(=O)Nc1c(N)cnn1C. The van der Waals surface area contributed by atoms with E-state index in [9.17, 15) is 8.42 Å². The van der Waals surface area contributed by atoms with E-state index >= 15 is 0 Å². The molecule has 0 fully saturated rings. The van der Waals surface area contributed by atoms with Crippen LogP contribution in [0.25, 0.3) is 0 Å². The Hall–Kier alpha value is -1.28. The van der Waals surface area contributed by atoms with Crippen molar-refractivity contribution in [2.45, 2.75) is 19.9 Å². The first-order valence-corrected chi connectivity index (χ1v) is 5.87. The molecule has 1 aromatic heterocycles. The van der Waals surface area contributed by atoms with Crippen molar-refractivity contribution >= 4 is 21.7 Å². The Balaban J connectivity index is 2.87. The normalized spacial score (nSPS) is 12.0. The molecular weight excluding hydrogens is 218 g/mol. The molecule has 1 aromatic rings. The Morgan fingerprint density at radius 2 is 2.13 bits per heavy atom. The molecule has 1 rings (SSSR count). The van der Waals surface area contributed by atoms with Crippen molar-refractivity contribution in [2.24, 2.45) is 7.05 Å². The number of nitrogens with zero attached hydrogens (tertiary/aromatic N) is 2. The van der Waals surface area contributed by atoms with Gasteiger partial charge in [0.15, 0.2) is 5.82 Å². The third kappa shape index (κ3) is 3.10. The van der Waals surface area contributed by atoms with Crippen LogP contribution < -0.4 is 15.2 Å². The molecule has 0 bridgehead atoms. The molecule has 0 atom stereocenters. The zero-order valence-corrected chi connectivity index (χ0v) is 9.67. The van der Waals surface area contributed by atoms with Gasteiger partial charge in [0.1, 0.15) is 0 Å². The average molecular weight is 233 g/mol. The Bertz CT molecular complexity index is 417. The third-order valence-corrected chi connectivity index (χ3v) is 2.83. The number of aryl methyl sites for hydroxylation is 1. The maximum Gasteiger partial charge on any atom is 0.300 e. The molecule has 0 aliphatic rings. The number of nitrogens with two attached hydrogens (primary N) is 1. The smallest absolute Gasteiger partial charge is 0.300 e. The monoisotopic (exact) mass is 233 g/mol. The second-order valence-electron chi connectivity index (χ2n) is 3.45. The summed E-state index contributed by atoms with van der Waals surface area (Å²) in [5.74, 6) is 0.253. The van der Waals surface area contributed by atoms with Gasteiger partial charge in [-0.2, -0.15) is 18.2 Å². The minimum absolute atomic E-state index is 0.183. The van der Waals surface area contributed by atoms with Crippen LogP contribution in [-0.2, 0) is 17.3 Å². The first-order valence-electron chi connectivity index (χ1n) is 4.39. The maximum atomic E-state index is 11.5. The summed E-state index contributed by atoms with van der Waals surface area (Å²) in [6.07, 6.45) is 1.38. The van der Waals surface area contributed by atoms with Crippen LogP contribution in [0.3, 0.4) is 0 Å². The van der Waals surface area contributed by atoms with E-state index in [4.69, 9.17) is 5.73 Å². The zero-order valence-electron chi connectivity index (χ0n) is 8.85. The summed E-state index contributed by atoms with van der Waals surface area (Å²) in [6.45, 7) is 3.46. The minimum Gasteiger partial charge on any atom is -0.394 e. The van der Waals surface area contributed by atoms with Gasteiger partial charge in [-0.1, -0.05) is 0 Å². The van der Waals surface area contributed by atoms with E-state index in [2.05, 4.69) is 14.5 Å². The van der Waals surface area contributed by atoms with Gasteiger partial charge in [-0.05, 0) is 13.8 Å². The van der Waals surface area contributed by atoms with Gasteiger partial charge in [-0.3, -0.25) is 9.40 Å². The summed E-state index contributed by atoms with van der Waals surface area (Å²) in [4.78, 5) is 0. The lowest BCUT2D eigenvalue weighted by molar-refractivity contribution is 0.574. The summed E-state index contributed by atoms with van der Waals surface area (Å²) in [5.41, 5.74) is 5.83. The standard InChI is InChI=1S/C7H15N5O2S/c1-5(2)10-15(13,14)11-7-6(8)4-9-12(7)3/h4-5,10-11H,8H2,1-3H3. The molecule has 7 nitrogen and oxygen atoms in total. The number of nitrogens with one attached hydrogen (secondary N) is 2. The maximum absolute atomic E-state index is 11.5. The second kappa shape index (κ2) is 4.07. The summed E-state index contributed by atoms with van der Waals surface area (Å²) in [6, 6.07) is -0.183. The molecule has 0 amide bonds. The highest BCUT2D eigenvalue weighted by molar-refractivity contribution is 7.90. The number of nitrogen functional groups attached to an aromatic ring is 1. The van der Waals surface area contributed by atoms with E-state index in [1.165, 1.54) is 10.9 Å². The fourth-order valence-electron chi connectivity index (χ4n) is 1.05. The number of anilines is 2. The highest BCUT2D eigenvalue weighted by Crippen LogP contribution is 2.16. The van der Waals surface area contributed by atoms with Gasteiger partial charge in [0.2, 0.25) is 0 Å². The van der Waals surface area contributed by atoms with Crippen molar-refractivity contribution in [1.29, 1.82) is 0 Å². The van der Waals surface area contributed by atoms with Gasteiger partial charge >= 0.3 is 10.2 Å². The summed E-state index contributed by atoms with van der Waals surface area (Å²) >= 11 is 0. The molecule has 0 aliphatic heterocycles. The fraction of sp³-hybridized carbons (Fsp3) is 0.571. The van der Waals surface area contributed by atoms with Crippen LogP contribution in [0.4, 0.5) is 11.5 Å². The van der Waals surface area contributed by atoms with E-state index in [-0.39, 0.29) is 17.5 Å². The topological polar surface area (TPSA) is 102 Å². The largest absolute Gasteiger partial charge is 0.394 e. The van der Waals surface area contributed by atoms with Crippen LogP contribution in [-0.4, -0.2) is 24.2 Å². The number of rotatable bonds is 4. The molecule has 0 unspecified atom stereocenters. The van der Waals surface area contributed by atoms with Crippen molar-refractivity contribution in [3.63, 3.8) is 0 Å². The Morgan fingerprint density at radius 3 is 2.53 bits per heavy atom. The van der Waals surface area contributed by atoms with Gasteiger partial charge in [-0.25, -0.2) is 0 Å². The molecular formula is C7H15N5O2S. The number of hydrogen-bond acceptors (Lipinski definition) is 4. The first kappa shape index (κ1) is 11.8. The van der Waals surface area contributed by atoms with E-state index in [0.717, 1.165) is 0 Å². The lowest BCUT2D eigenvalue weighted by Crippen LogP contribution is -2.35. The van der Waals surface area contributed by atoms with Crippen LogP contribution in [0.15, 0.2) is 6.20 Å².